The van der Waals surface area contributed by atoms with Crippen molar-refractivity contribution in [1.29, 1.82) is 0 Å². The number of carbonyl (C=O) groups is 3. The first kappa shape index (κ1) is 77.9. The monoisotopic (exact) mass is 1130 g/mol. The summed E-state index contributed by atoms with van der Waals surface area (Å²) in [5.41, 5.74) is 0. The largest absolute Gasteiger partial charge is 0.462 e. The molecule has 0 heterocycles. The van der Waals surface area contributed by atoms with Crippen LogP contribution < -0.4 is 0 Å². The molecule has 0 bridgehead atoms. The molecule has 6 heteroatoms. The van der Waals surface area contributed by atoms with E-state index in [9.17, 15) is 14.4 Å². The van der Waals surface area contributed by atoms with Crippen molar-refractivity contribution < 1.29 is 28.6 Å². The minimum atomic E-state index is -0.785. The van der Waals surface area contributed by atoms with Crippen LogP contribution in [-0.4, -0.2) is 37.2 Å². The number of carbonyl (C=O) groups excluding carboxylic acids is 3. The highest BCUT2D eigenvalue weighted by atomic mass is 16.6. The zero-order chi connectivity index (χ0) is 58.5. The summed E-state index contributed by atoms with van der Waals surface area (Å²) in [4.78, 5) is 38.4. The maximum atomic E-state index is 13.0. The Morgan fingerprint density at radius 1 is 0.247 bits per heavy atom. The van der Waals surface area contributed by atoms with Crippen molar-refractivity contribution in [3.63, 3.8) is 0 Å². The molecule has 0 aliphatic rings. The maximum Gasteiger partial charge on any atom is 0.306 e. The third-order valence-corrected chi connectivity index (χ3v) is 15.7. The normalized spacial score (nSPS) is 12.5. The second-order valence-corrected chi connectivity index (χ2v) is 23.8. The van der Waals surface area contributed by atoms with E-state index in [1.54, 1.807) is 0 Å². The Labute approximate surface area is 503 Å². The van der Waals surface area contributed by atoms with Gasteiger partial charge in [0, 0.05) is 19.3 Å². The van der Waals surface area contributed by atoms with Gasteiger partial charge in [0.1, 0.15) is 13.2 Å². The second-order valence-electron chi connectivity index (χ2n) is 23.8. The summed E-state index contributed by atoms with van der Waals surface area (Å²) in [6, 6.07) is 0. The summed E-state index contributed by atoms with van der Waals surface area (Å²) in [5.74, 6) is -0.878. The van der Waals surface area contributed by atoms with Crippen LogP contribution in [0.15, 0.2) is 72.9 Å². The van der Waals surface area contributed by atoms with E-state index in [-0.39, 0.29) is 31.1 Å². The van der Waals surface area contributed by atoms with Gasteiger partial charge in [-0.2, -0.15) is 0 Å². The molecule has 0 fully saturated rings. The molecule has 0 rings (SSSR count). The molecule has 0 aromatic heterocycles. The van der Waals surface area contributed by atoms with Crippen LogP contribution >= 0.6 is 0 Å². The number of unbranched alkanes of at least 4 members (excludes halogenated alkanes) is 42. The van der Waals surface area contributed by atoms with Gasteiger partial charge in [0.05, 0.1) is 0 Å². The molecule has 0 aliphatic heterocycles. The Kier molecular flexibility index (Phi) is 66.6. The highest BCUT2D eigenvalue weighted by Gasteiger charge is 2.19. The molecule has 470 valence electrons. The lowest BCUT2D eigenvalue weighted by molar-refractivity contribution is -0.167. The van der Waals surface area contributed by atoms with Crippen molar-refractivity contribution in [2.45, 2.75) is 374 Å². The van der Waals surface area contributed by atoms with Gasteiger partial charge < -0.3 is 14.2 Å². The lowest BCUT2D eigenvalue weighted by atomic mass is 10.0. The Bertz CT molecular complexity index is 1490. The number of ether oxygens (including phenoxy) is 3. The minimum absolute atomic E-state index is 0.0792. The molecule has 81 heavy (non-hydrogen) atoms. The zero-order valence-electron chi connectivity index (χ0n) is 54.1. The fourth-order valence-electron chi connectivity index (χ4n) is 10.3. The highest BCUT2D eigenvalue weighted by Crippen LogP contribution is 2.17. The van der Waals surface area contributed by atoms with Crippen molar-refractivity contribution in [1.82, 2.24) is 0 Å². The molecule has 6 nitrogen and oxygen atoms in total. The number of esters is 3. The molecule has 0 aromatic carbocycles. The Morgan fingerprint density at radius 3 is 0.704 bits per heavy atom. The summed E-state index contributed by atoms with van der Waals surface area (Å²) in [6.07, 6.45) is 90.7. The van der Waals surface area contributed by atoms with Gasteiger partial charge in [-0.3, -0.25) is 14.4 Å². The van der Waals surface area contributed by atoms with Crippen molar-refractivity contribution >= 4 is 17.9 Å². The highest BCUT2D eigenvalue weighted by molar-refractivity contribution is 5.71. The predicted molar refractivity (Wildman–Crippen MR) is 353 cm³/mol. The summed E-state index contributed by atoms with van der Waals surface area (Å²) >= 11 is 0. The molecule has 0 spiro atoms. The molecule has 0 N–H and O–H groups in total. The lowest BCUT2D eigenvalue weighted by Gasteiger charge is -2.18. The number of allylic oxidation sites excluding steroid dienone is 12. The summed E-state index contributed by atoms with van der Waals surface area (Å²) in [7, 11) is 0. The first-order chi connectivity index (χ1) is 40.0. The molecule has 0 aromatic rings. The third kappa shape index (κ3) is 67.5. The molecule has 1 unspecified atom stereocenters. The number of hydrogen-bond donors (Lipinski definition) is 0. The zero-order valence-corrected chi connectivity index (χ0v) is 54.1. The van der Waals surface area contributed by atoms with Gasteiger partial charge in [0.25, 0.3) is 0 Å². The van der Waals surface area contributed by atoms with Crippen LogP contribution in [0.2, 0.25) is 0 Å². The maximum absolute atomic E-state index is 13.0. The van der Waals surface area contributed by atoms with Crippen LogP contribution in [0.5, 0.6) is 0 Å². The van der Waals surface area contributed by atoms with Crippen LogP contribution in [0.4, 0.5) is 0 Å². The van der Waals surface area contributed by atoms with E-state index in [0.717, 1.165) is 89.9 Å². The Hall–Kier alpha value is -3.15. The average Bonchev–Trinajstić information content (AvgIpc) is 3.47. The number of rotatable bonds is 65. The molecule has 0 radical (unpaired) electrons. The Morgan fingerprint density at radius 2 is 0.444 bits per heavy atom. The van der Waals surface area contributed by atoms with Crippen LogP contribution in [-0.2, 0) is 28.6 Å². The van der Waals surface area contributed by atoms with E-state index in [2.05, 4.69) is 93.7 Å². The SMILES string of the molecule is CCCCC/C=C\C/C=C\CCCCCCCC(=O)OCC(COC(=O)CCCCCCCCCCCCCCCCC/C=C\C/C=C\CCCCCCC)OC(=O)CCCCCCCCCCC/C=C\C/C=C\CCCCCCC. The van der Waals surface area contributed by atoms with E-state index in [0.29, 0.717) is 19.3 Å². The van der Waals surface area contributed by atoms with E-state index in [1.807, 2.05) is 0 Å². The molecule has 0 amide bonds. The lowest BCUT2D eigenvalue weighted by Crippen LogP contribution is -2.30. The predicted octanol–water partition coefficient (Wildman–Crippen LogP) is 24.4. The summed E-state index contributed by atoms with van der Waals surface area (Å²) in [6.45, 7) is 6.63. The quantitative estimate of drug-likeness (QED) is 0.0261. The molecule has 0 aliphatic carbocycles. The minimum Gasteiger partial charge on any atom is -0.462 e. The third-order valence-electron chi connectivity index (χ3n) is 15.7. The first-order valence-corrected chi connectivity index (χ1v) is 35.4. The van der Waals surface area contributed by atoms with Crippen LogP contribution in [0.1, 0.15) is 367 Å². The van der Waals surface area contributed by atoms with Gasteiger partial charge in [-0.1, -0.05) is 306 Å². The first-order valence-electron chi connectivity index (χ1n) is 35.4. The van der Waals surface area contributed by atoms with E-state index < -0.39 is 6.10 Å². The molecule has 0 saturated carbocycles. The van der Waals surface area contributed by atoms with Crippen molar-refractivity contribution in [3.05, 3.63) is 72.9 Å². The molecule has 0 saturated heterocycles. The average molecular weight is 1130 g/mol. The van der Waals surface area contributed by atoms with Crippen molar-refractivity contribution in [2.75, 3.05) is 13.2 Å². The molecular formula is C75H134O6. The fraction of sp³-hybridized carbons (Fsp3) is 0.800. The van der Waals surface area contributed by atoms with Gasteiger partial charge in [-0.15, -0.1) is 0 Å². The topological polar surface area (TPSA) is 78.9 Å². The fourth-order valence-corrected chi connectivity index (χ4v) is 10.3. The summed E-state index contributed by atoms with van der Waals surface area (Å²) in [5, 5.41) is 0. The van der Waals surface area contributed by atoms with Gasteiger partial charge in [-0.05, 0) is 116 Å². The van der Waals surface area contributed by atoms with Crippen molar-refractivity contribution in [2.24, 2.45) is 0 Å². The Balaban J connectivity index is 4.30. The van der Waals surface area contributed by atoms with Crippen LogP contribution in [0, 0.1) is 0 Å². The van der Waals surface area contributed by atoms with Gasteiger partial charge in [-0.25, -0.2) is 0 Å². The smallest absolute Gasteiger partial charge is 0.306 e. The molecule has 1 atom stereocenters. The summed E-state index contributed by atoms with van der Waals surface area (Å²) < 4.78 is 17.0. The molecular weight excluding hydrogens is 997 g/mol. The van der Waals surface area contributed by atoms with Gasteiger partial charge in [0.2, 0.25) is 0 Å². The van der Waals surface area contributed by atoms with E-state index in [1.165, 1.54) is 238 Å². The standard InChI is InChI=1S/C75H134O6/c1-4-7-10-13-16-19-22-25-28-30-32-34-35-36-37-38-39-41-42-44-47-50-53-56-59-62-65-68-74(77)80-71-72(70-79-73(76)67-64-61-58-55-52-49-46-27-24-21-18-15-12-9-6-3)81-75(78)69-66-63-60-57-54-51-48-45-43-40-33-31-29-26-23-20-17-14-11-8-5-2/h18,21-23,25-27,30-33,46,72H,4-17,19-20,24,28-29,34-45,47-71H2,1-3H3/b21-18-,25-22-,26-23-,32-30-,33-31-,46-27-. The van der Waals surface area contributed by atoms with Gasteiger partial charge >= 0.3 is 17.9 Å². The number of hydrogen-bond acceptors (Lipinski definition) is 6. The second kappa shape index (κ2) is 69.3. The van der Waals surface area contributed by atoms with E-state index >= 15 is 0 Å². The van der Waals surface area contributed by atoms with Crippen LogP contribution in [0.3, 0.4) is 0 Å². The van der Waals surface area contributed by atoms with Gasteiger partial charge in [0.15, 0.2) is 6.10 Å². The van der Waals surface area contributed by atoms with Crippen LogP contribution in [0.25, 0.3) is 0 Å². The van der Waals surface area contributed by atoms with E-state index in [4.69, 9.17) is 14.2 Å². The van der Waals surface area contributed by atoms with Crippen molar-refractivity contribution in [3.8, 4) is 0 Å².